The number of carboxylic acids is 1. The van der Waals surface area contributed by atoms with Crippen LogP contribution < -0.4 is 0 Å². The quantitative estimate of drug-likeness (QED) is 0.924. The minimum Gasteiger partial charge on any atom is -0.477 e. The Bertz CT molecular complexity index is 584. The minimum atomic E-state index is -1.05. The molecule has 0 bridgehead atoms. The molecule has 0 aliphatic heterocycles. The Kier molecular flexibility index (Phi) is 3.19. The normalized spacial score (nSPS) is 10.2. The van der Waals surface area contributed by atoms with E-state index in [2.05, 4.69) is 25.9 Å². The van der Waals surface area contributed by atoms with Gasteiger partial charge in [0, 0.05) is 15.7 Å². The summed E-state index contributed by atoms with van der Waals surface area (Å²) in [7, 11) is 0. The van der Waals surface area contributed by atoms with Gasteiger partial charge < -0.3 is 5.11 Å². The Hall–Kier alpha value is -1.75. The van der Waals surface area contributed by atoms with Crippen LogP contribution in [0.5, 0.6) is 0 Å². The molecule has 0 unspecified atom stereocenters. The summed E-state index contributed by atoms with van der Waals surface area (Å²) in [6.45, 7) is 1.75. The Morgan fingerprint density at radius 2 is 2.06 bits per heavy atom. The third-order valence-electron chi connectivity index (χ3n) is 2.16. The molecule has 2 aromatic rings. The molecule has 86 valence electrons. The van der Waals surface area contributed by atoms with E-state index in [9.17, 15) is 4.79 Å². The highest BCUT2D eigenvalue weighted by Gasteiger charge is 2.10. The van der Waals surface area contributed by atoms with Gasteiger partial charge in [-0.3, -0.25) is 0 Å². The molecule has 2 rings (SSSR count). The topological polar surface area (TPSA) is 63.1 Å². The minimum absolute atomic E-state index is 0.00692. The summed E-state index contributed by atoms with van der Waals surface area (Å²) in [5.41, 5.74) is 1.42. The standard InChI is InChI=1S/C12H9BrN2O2/c1-7-5-10(12(16)17)15-11(14-7)8-3-2-4-9(13)6-8/h2-6H,1H3,(H,16,17). The molecule has 17 heavy (non-hydrogen) atoms. The molecule has 1 N–H and O–H groups in total. The summed E-state index contributed by atoms with van der Waals surface area (Å²) in [6.07, 6.45) is 0. The maximum absolute atomic E-state index is 10.9. The highest BCUT2D eigenvalue weighted by Crippen LogP contribution is 2.20. The summed E-state index contributed by atoms with van der Waals surface area (Å²) in [6, 6.07) is 8.87. The number of carboxylic acid groups (broad SMARTS) is 1. The lowest BCUT2D eigenvalue weighted by Gasteiger charge is -2.03. The zero-order valence-corrected chi connectivity index (χ0v) is 10.6. The van der Waals surface area contributed by atoms with E-state index in [0.717, 1.165) is 10.0 Å². The Morgan fingerprint density at radius 1 is 1.29 bits per heavy atom. The second kappa shape index (κ2) is 4.63. The second-order valence-corrected chi connectivity index (χ2v) is 4.45. The van der Waals surface area contributed by atoms with Gasteiger partial charge in [0.1, 0.15) is 0 Å². The van der Waals surface area contributed by atoms with Crippen LogP contribution in [-0.4, -0.2) is 21.0 Å². The molecule has 0 radical (unpaired) electrons. The molecule has 0 spiro atoms. The van der Waals surface area contributed by atoms with Crippen molar-refractivity contribution < 1.29 is 9.90 Å². The molecule has 5 heteroatoms. The first-order chi connectivity index (χ1) is 8.06. The fraction of sp³-hybridized carbons (Fsp3) is 0.0833. The number of aromatic carboxylic acids is 1. The number of rotatable bonds is 2. The number of benzene rings is 1. The van der Waals surface area contributed by atoms with Crippen molar-refractivity contribution in [2.45, 2.75) is 6.92 Å². The van der Waals surface area contributed by atoms with Gasteiger partial charge >= 0.3 is 5.97 Å². The molecule has 0 saturated heterocycles. The van der Waals surface area contributed by atoms with Crippen LogP contribution in [0.2, 0.25) is 0 Å². The summed E-state index contributed by atoms with van der Waals surface area (Å²) >= 11 is 3.35. The first-order valence-corrected chi connectivity index (χ1v) is 5.70. The number of aromatic nitrogens is 2. The third kappa shape index (κ3) is 2.68. The zero-order valence-electron chi connectivity index (χ0n) is 9.01. The third-order valence-corrected chi connectivity index (χ3v) is 2.65. The lowest BCUT2D eigenvalue weighted by Crippen LogP contribution is -2.04. The molecule has 0 amide bonds. The number of hydrogen-bond donors (Lipinski definition) is 1. The van der Waals surface area contributed by atoms with Gasteiger partial charge in [0.2, 0.25) is 0 Å². The molecule has 1 aromatic heterocycles. The average molecular weight is 293 g/mol. The zero-order chi connectivity index (χ0) is 12.4. The van der Waals surface area contributed by atoms with Crippen molar-refractivity contribution in [3.05, 3.63) is 46.2 Å². The smallest absolute Gasteiger partial charge is 0.354 e. The van der Waals surface area contributed by atoms with Crippen LogP contribution >= 0.6 is 15.9 Å². The van der Waals surface area contributed by atoms with Crippen LogP contribution in [0.4, 0.5) is 0 Å². The summed E-state index contributed by atoms with van der Waals surface area (Å²) < 4.78 is 0.900. The Balaban J connectivity index is 2.56. The SMILES string of the molecule is Cc1cc(C(=O)O)nc(-c2cccc(Br)c2)n1. The van der Waals surface area contributed by atoms with Gasteiger partial charge in [-0.2, -0.15) is 0 Å². The predicted octanol–water partition coefficient (Wildman–Crippen LogP) is 2.91. The molecule has 0 fully saturated rings. The molecule has 0 aliphatic rings. The number of halogens is 1. The molecule has 0 aliphatic carbocycles. The predicted molar refractivity (Wildman–Crippen MR) is 66.9 cm³/mol. The van der Waals surface area contributed by atoms with Crippen molar-refractivity contribution >= 4 is 21.9 Å². The van der Waals surface area contributed by atoms with Crippen molar-refractivity contribution in [2.24, 2.45) is 0 Å². The summed E-state index contributed by atoms with van der Waals surface area (Å²) in [5, 5.41) is 8.94. The van der Waals surface area contributed by atoms with E-state index in [1.54, 1.807) is 6.92 Å². The van der Waals surface area contributed by atoms with E-state index in [1.807, 2.05) is 24.3 Å². The second-order valence-electron chi connectivity index (χ2n) is 3.53. The Morgan fingerprint density at radius 3 is 2.71 bits per heavy atom. The highest BCUT2D eigenvalue weighted by atomic mass is 79.9. The number of hydrogen-bond acceptors (Lipinski definition) is 3. The first kappa shape index (κ1) is 11.7. The fourth-order valence-electron chi connectivity index (χ4n) is 1.43. The van der Waals surface area contributed by atoms with Crippen molar-refractivity contribution in [1.82, 2.24) is 9.97 Å². The monoisotopic (exact) mass is 292 g/mol. The van der Waals surface area contributed by atoms with Crippen molar-refractivity contribution in [3.8, 4) is 11.4 Å². The largest absolute Gasteiger partial charge is 0.477 e. The summed E-state index contributed by atoms with van der Waals surface area (Å²) in [4.78, 5) is 19.1. The number of carbonyl (C=O) groups is 1. The lowest BCUT2D eigenvalue weighted by atomic mass is 10.2. The molecule has 4 nitrogen and oxygen atoms in total. The highest BCUT2D eigenvalue weighted by molar-refractivity contribution is 9.10. The van der Waals surface area contributed by atoms with Crippen LogP contribution in [0.25, 0.3) is 11.4 Å². The van der Waals surface area contributed by atoms with E-state index >= 15 is 0 Å². The van der Waals surface area contributed by atoms with E-state index < -0.39 is 5.97 Å². The van der Waals surface area contributed by atoms with Crippen molar-refractivity contribution in [3.63, 3.8) is 0 Å². The number of nitrogens with zero attached hydrogens (tertiary/aromatic N) is 2. The van der Waals surface area contributed by atoms with Gasteiger partial charge in [-0.1, -0.05) is 28.1 Å². The molecule has 0 saturated carbocycles. The molecule has 1 heterocycles. The molecular weight excluding hydrogens is 284 g/mol. The average Bonchev–Trinajstić information content (AvgIpc) is 2.28. The van der Waals surface area contributed by atoms with Crippen LogP contribution in [0.15, 0.2) is 34.8 Å². The fourth-order valence-corrected chi connectivity index (χ4v) is 1.83. The molecular formula is C12H9BrN2O2. The van der Waals surface area contributed by atoms with Crippen LogP contribution in [0.3, 0.4) is 0 Å². The molecule has 0 atom stereocenters. The van der Waals surface area contributed by atoms with Gasteiger partial charge in [0.05, 0.1) is 0 Å². The van der Waals surface area contributed by atoms with Gasteiger partial charge in [0.15, 0.2) is 11.5 Å². The van der Waals surface area contributed by atoms with Gasteiger partial charge in [-0.05, 0) is 25.1 Å². The van der Waals surface area contributed by atoms with Crippen LogP contribution in [0, 0.1) is 6.92 Å². The van der Waals surface area contributed by atoms with Crippen molar-refractivity contribution in [2.75, 3.05) is 0 Å². The van der Waals surface area contributed by atoms with E-state index in [-0.39, 0.29) is 5.69 Å². The summed E-state index contributed by atoms with van der Waals surface area (Å²) in [5.74, 6) is -0.629. The first-order valence-electron chi connectivity index (χ1n) is 4.91. The van der Waals surface area contributed by atoms with Gasteiger partial charge in [0.25, 0.3) is 0 Å². The number of aryl methyl sites for hydroxylation is 1. The van der Waals surface area contributed by atoms with Crippen LogP contribution in [-0.2, 0) is 0 Å². The van der Waals surface area contributed by atoms with Crippen LogP contribution in [0.1, 0.15) is 16.2 Å². The maximum atomic E-state index is 10.9. The lowest BCUT2D eigenvalue weighted by molar-refractivity contribution is 0.0690. The van der Waals surface area contributed by atoms with E-state index in [0.29, 0.717) is 11.5 Å². The van der Waals surface area contributed by atoms with E-state index in [4.69, 9.17) is 5.11 Å². The van der Waals surface area contributed by atoms with Crippen molar-refractivity contribution in [1.29, 1.82) is 0 Å². The maximum Gasteiger partial charge on any atom is 0.354 e. The Labute approximate surface area is 106 Å². The van der Waals surface area contributed by atoms with Gasteiger partial charge in [-0.25, -0.2) is 14.8 Å². The molecule has 1 aromatic carbocycles. The van der Waals surface area contributed by atoms with E-state index in [1.165, 1.54) is 6.07 Å². The van der Waals surface area contributed by atoms with Gasteiger partial charge in [-0.15, -0.1) is 0 Å².